The summed E-state index contributed by atoms with van der Waals surface area (Å²) >= 11 is 12.5. The average Bonchev–Trinajstić information content (AvgIpc) is 3.59. The SMILES string of the molecule is Cc1cc(-n2c3c(c(Nc4c(C)noc4/C=C/c4ccc(Cl)cc4Cl)c2-c2ccccc2)C(=O)CC(C)(C)C3)no1. The highest BCUT2D eigenvalue weighted by molar-refractivity contribution is 6.35. The van der Waals surface area contributed by atoms with Crippen LogP contribution in [0.3, 0.4) is 0 Å². The zero-order valence-electron chi connectivity index (χ0n) is 23.1. The molecular formula is C32H28Cl2N4O3. The van der Waals surface area contributed by atoms with E-state index in [0.29, 0.717) is 62.9 Å². The Labute approximate surface area is 247 Å². The lowest BCUT2D eigenvalue weighted by atomic mass is 9.76. The molecule has 0 unspecified atom stereocenters. The molecule has 7 nitrogen and oxygen atoms in total. The maximum Gasteiger partial charge on any atom is 0.183 e. The second-order valence-corrected chi connectivity index (χ2v) is 12.0. The molecule has 0 saturated heterocycles. The van der Waals surface area contributed by atoms with Crippen molar-refractivity contribution >= 4 is 52.5 Å². The Morgan fingerprint density at radius 3 is 2.44 bits per heavy atom. The minimum atomic E-state index is -0.219. The summed E-state index contributed by atoms with van der Waals surface area (Å²) in [6, 6.07) is 17.1. The van der Waals surface area contributed by atoms with Crippen molar-refractivity contribution in [3.63, 3.8) is 0 Å². The zero-order valence-corrected chi connectivity index (χ0v) is 24.6. The number of ketones is 1. The summed E-state index contributed by atoms with van der Waals surface area (Å²) < 4.78 is 13.3. The van der Waals surface area contributed by atoms with Crippen LogP contribution in [0.4, 0.5) is 11.4 Å². The summed E-state index contributed by atoms with van der Waals surface area (Å²) in [6.07, 6.45) is 4.75. The van der Waals surface area contributed by atoms with Gasteiger partial charge in [-0.2, -0.15) is 0 Å². The van der Waals surface area contributed by atoms with Gasteiger partial charge in [-0.05, 0) is 55.5 Å². The standard InChI is InChI=1S/C32H28Cl2N4O3/c1-18-14-27(37-40-18)38-24-16-32(3,4)17-25(39)28(24)30(31(38)21-8-6-5-7-9-21)35-29-19(2)36-41-26(29)13-11-20-10-12-22(33)15-23(20)34/h5-15,35H,16-17H2,1-4H3/b13-11+. The smallest absolute Gasteiger partial charge is 0.183 e. The average molecular weight is 588 g/mol. The third kappa shape index (κ3) is 5.11. The Kier molecular flexibility index (Phi) is 6.88. The first-order chi connectivity index (χ1) is 19.6. The van der Waals surface area contributed by atoms with Gasteiger partial charge in [0.2, 0.25) is 0 Å². The largest absolute Gasteiger partial charge is 0.360 e. The van der Waals surface area contributed by atoms with Crippen molar-refractivity contribution in [3.05, 3.63) is 98.7 Å². The molecule has 0 bridgehead atoms. The summed E-state index contributed by atoms with van der Waals surface area (Å²) in [5.41, 5.74) is 5.80. The van der Waals surface area contributed by atoms with Crippen LogP contribution in [-0.4, -0.2) is 20.7 Å². The van der Waals surface area contributed by atoms with Crippen LogP contribution in [0.25, 0.3) is 29.2 Å². The maximum atomic E-state index is 13.9. The van der Waals surface area contributed by atoms with Crippen molar-refractivity contribution in [2.45, 2.75) is 40.5 Å². The van der Waals surface area contributed by atoms with Crippen LogP contribution < -0.4 is 5.32 Å². The normalized spacial score (nSPS) is 14.5. The quantitative estimate of drug-likeness (QED) is 0.213. The molecule has 1 N–H and O–H groups in total. The first-order valence-corrected chi connectivity index (χ1v) is 14.0. The van der Waals surface area contributed by atoms with Crippen molar-refractivity contribution in [1.29, 1.82) is 0 Å². The number of halogens is 2. The second kappa shape index (κ2) is 10.4. The predicted octanol–water partition coefficient (Wildman–Crippen LogP) is 9.11. The number of aromatic nitrogens is 3. The lowest BCUT2D eigenvalue weighted by molar-refractivity contribution is 0.0911. The van der Waals surface area contributed by atoms with Crippen molar-refractivity contribution in [2.75, 3.05) is 5.32 Å². The van der Waals surface area contributed by atoms with E-state index in [-0.39, 0.29) is 11.2 Å². The summed E-state index contributed by atoms with van der Waals surface area (Å²) in [4.78, 5) is 13.9. The van der Waals surface area contributed by atoms with E-state index < -0.39 is 0 Å². The van der Waals surface area contributed by atoms with Gasteiger partial charge in [0, 0.05) is 33.8 Å². The Morgan fingerprint density at radius 1 is 0.951 bits per heavy atom. The van der Waals surface area contributed by atoms with Gasteiger partial charge in [-0.25, -0.2) is 0 Å². The van der Waals surface area contributed by atoms with Gasteiger partial charge in [0.05, 0.1) is 16.9 Å². The van der Waals surface area contributed by atoms with Crippen LogP contribution in [0.2, 0.25) is 10.0 Å². The number of benzene rings is 2. The van der Waals surface area contributed by atoms with Gasteiger partial charge in [0.1, 0.15) is 17.1 Å². The highest BCUT2D eigenvalue weighted by Gasteiger charge is 2.39. The number of carbonyl (C=O) groups excluding carboxylic acids is 1. The molecule has 0 radical (unpaired) electrons. The van der Waals surface area contributed by atoms with Gasteiger partial charge < -0.3 is 14.4 Å². The molecule has 2 aromatic carbocycles. The van der Waals surface area contributed by atoms with Crippen molar-refractivity contribution in [3.8, 4) is 17.1 Å². The lowest BCUT2D eigenvalue weighted by Gasteiger charge is -2.29. The number of aryl methyl sites for hydroxylation is 2. The topological polar surface area (TPSA) is 86.1 Å². The van der Waals surface area contributed by atoms with Crippen LogP contribution in [0.5, 0.6) is 0 Å². The van der Waals surface area contributed by atoms with E-state index in [1.165, 1.54) is 0 Å². The minimum Gasteiger partial charge on any atom is -0.360 e. The third-order valence-corrected chi connectivity index (χ3v) is 7.80. The van der Waals surface area contributed by atoms with Crippen molar-refractivity contribution < 1.29 is 13.8 Å². The third-order valence-electron chi connectivity index (χ3n) is 7.24. The number of hydrogen-bond acceptors (Lipinski definition) is 6. The zero-order chi connectivity index (χ0) is 28.9. The molecule has 9 heteroatoms. The molecule has 3 heterocycles. The van der Waals surface area contributed by atoms with E-state index in [9.17, 15) is 4.79 Å². The molecule has 0 amide bonds. The fraction of sp³-hybridized carbons (Fsp3) is 0.219. The van der Waals surface area contributed by atoms with Crippen LogP contribution in [0, 0.1) is 19.3 Å². The molecule has 208 valence electrons. The number of rotatable bonds is 6. The van der Waals surface area contributed by atoms with E-state index in [2.05, 4.69) is 29.5 Å². The first kappa shape index (κ1) is 27.1. The van der Waals surface area contributed by atoms with Crippen molar-refractivity contribution in [1.82, 2.24) is 14.9 Å². The van der Waals surface area contributed by atoms with Crippen LogP contribution in [0.15, 0.2) is 63.6 Å². The highest BCUT2D eigenvalue weighted by atomic mass is 35.5. The summed E-state index contributed by atoms with van der Waals surface area (Å²) in [7, 11) is 0. The van der Waals surface area contributed by atoms with E-state index in [1.54, 1.807) is 18.2 Å². The molecule has 41 heavy (non-hydrogen) atoms. The molecular weight excluding hydrogens is 559 g/mol. The molecule has 1 aliphatic carbocycles. The van der Waals surface area contributed by atoms with E-state index in [4.69, 9.17) is 32.2 Å². The molecule has 0 saturated carbocycles. The number of nitrogens with zero attached hydrogens (tertiary/aromatic N) is 3. The first-order valence-electron chi connectivity index (χ1n) is 13.3. The van der Waals surface area contributed by atoms with Crippen LogP contribution in [-0.2, 0) is 6.42 Å². The maximum absolute atomic E-state index is 13.9. The minimum absolute atomic E-state index is 0.0639. The van der Waals surface area contributed by atoms with Crippen LogP contribution >= 0.6 is 23.2 Å². The molecule has 5 aromatic rings. The molecule has 0 aliphatic heterocycles. The summed E-state index contributed by atoms with van der Waals surface area (Å²) in [6.45, 7) is 7.94. The van der Waals surface area contributed by atoms with E-state index in [0.717, 1.165) is 22.5 Å². The van der Waals surface area contributed by atoms with Crippen molar-refractivity contribution in [2.24, 2.45) is 5.41 Å². The number of hydrogen-bond donors (Lipinski definition) is 1. The van der Waals surface area contributed by atoms with Gasteiger partial charge in [-0.15, -0.1) is 0 Å². The van der Waals surface area contributed by atoms with Gasteiger partial charge in [-0.1, -0.05) is 83.8 Å². The Hall–Kier alpha value is -4.07. The molecule has 3 aromatic heterocycles. The fourth-order valence-electron chi connectivity index (χ4n) is 5.41. The Bertz CT molecular complexity index is 1810. The van der Waals surface area contributed by atoms with Gasteiger partial charge >= 0.3 is 0 Å². The van der Waals surface area contributed by atoms with Crippen LogP contribution in [0.1, 0.15) is 59.1 Å². The highest BCUT2D eigenvalue weighted by Crippen LogP contribution is 2.47. The molecule has 1 aliphatic rings. The van der Waals surface area contributed by atoms with Gasteiger partial charge in [-0.3, -0.25) is 9.36 Å². The summed E-state index contributed by atoms with van der Waals surface area (Å²) in [5, 5.41) is 13.2. The molecule has 6 rings (SSSR count). The summed E-state index contributed by atoms with van der Waals surface area (Å²) in [5.74, 6) is 1.86. The molecule has 0 spiro atoms. The predicted molar refractivity (Wildman–Crippen MR) is 162 cm³/mol. The fourth-order valence-corrected chi connectivity index (χ4v) is 5.88. The number of nitrogens with one attached hydrogen (secondary N) is 1. The monoisotopic (exact) mass is 586 g/mol. The molecule has 0 fully saturated rings. The number of fused-ring (bicyclic) bond motifs is 1. The lowest BCUT2D eigenvalue weighted by Crippen LogP contribution is -2.28. The number of Topliss-reactive ketones (excluding diaryl/α,β-unsaturated/α-hetero) is 1. The van der Waals surface area contributed by atoms with Gasteiger partial charge in [0.15, 0.2) is 17.4 Å². The number of anilines is 2. The van der Waals surface area contributed by atoms with E-state index in [1.807, 2.05) is 67.0 Å². The van der Waals surface area contributed by atoms with Gasteiger partial charge in [0.25, 0.3) is 0 Å². The second-order valence-electron chi connectivity index (χ2n) is 11.1. The van der Waals surface area contributed by atoms with E-state index >= 15 is 0 Å². The number of carbonyl (C=O) groups is 1. The Balaban J connectivity index is 1.55. The Morgan fingerprint density at radius 2 is 1.73 bits per heavy atom. The molecule has 0 atom stereocenters.